The average Bonchev–Trinajstić information content (AvgIpc) is 3.31. The molecule has 3 atom stereocenters. The molecule has 1 aromatic heterocycles. The zero-order chi connectivity index (χ0) is 23.1. The Morgan fingerprint density at radius 3 is 2.28 bits per heavy atom. The lowest BCUT2D eigenvalue weighted by atomic mass is 10.0. The van der Waals surface area contributed by atoms with Gasteiger partial charge in [0.05, 0.1) is 25.3 Å². The van der Waals surface area contributed by atoms with Crippen LogP contribution in [0.5, 0.6) is 5.75 Å². The Balaban J connectivity index is 1.72. The summed E-state index contributed by atoms with van der Waals surface area (Å²) in [5.41, 5.74) is 7.85. The van der Waals surface area contributed by atoms with Gasteiger partial charge in [0.2, 0.25) is 0 Å². The molecule has 1 heterocycles. The molecule has 0 radical (unpaired) electrons. The van der Waals surface area contributed by atoms with Gasteiger partial charge in [-0.15, -0.1) is 0 Å². The highest BCUT2D eigenvalue weighted by Gasteiger charge is 2.16. The molecule has 3 aromatic rings. The molecule has 0 aliphatic carbocycles. The monoisotopic (exact) mass is 441 g/mol. The number of nitrogens with zero attached hydrogens (tertiary/aromatic N) is 2. The summed E-state index contributed by atoms with van der Waals surface area (Å²) >= 11 is 0. The maximum Gasteiger partial charge on any atom is 0.137 e. The molecule has 0 aliphatic rings. The molecule has 3 rings (SSSR count). The van der Waals surface area contributed by atoms with Gasteiger partial charge in [-0.05, 0) is 36.3 Å². The first kappa shape index (κ1) is 23.6. The number of aliphatic hydroxyl groups excluding tert-OH is 3. The summed E-state index contributed by atoms with van der Waals surface area (Å²) in [5.74, 6) is 0.522. The van der Waals surface area contributed by atoms with Crippen LogP contribution < -0.4 is 10.5 Å². The van der Waals surface area contributed by atoms with E-state index < -0.39 is 24.0 Å². The van der Waals surface area contributed by atoms with Gasteiger partial charge in [0.15, 0.2) is 0 Å². The normalized spacial score (nSPS) is 14.8. The maximum atomic E-state index is 14.9. The summed E-state index contributed by atoms with van der Waals surface area (Å²) in [5, 5.41) is 28.5. The van der Waals surface area contributed by atoms with Crippen LogP contribution in [0.25, 0.3) is 17.0 Å². The minimum Gasteiger partial charge on any atom is -0.492 e. The Morgan fingerprint density at radius 1 is 1.09 bits per heavy atom. The number of ether oxygens (including phenoxy) is 1. The molecule has 7 nitrogen and oxygen atoms in total. The van der Waals surface area contributed by atoms with Gasteiger partial charge in [0.25, 0.3) is 0 Å². The first-order valence-corrected chi connectivity index (χ1v) is 10.3. The molecular formula is C24H28FN3O4. The third-order valence-corrected chi connectivity index (χ3v) is 5.00. The zero-order valence-corrected chi connectivity index (χ0v) is 17.8. The number of rotatable bonds is 10. The highest BCUT2D eigenvalue weighted by Crippen LogP contribution is 2.27. The standard InChI is InChI=1S/C24H28FN3O4/c1-16(31)24-27-10-11-28(24)21(14-30)12-23(25)19-4-2-17(3-5-19)18-6-8-22(9-7-18)32-15-20(26)13-29/h2-12,16,20-21,29-31H,13-15,26H2,1H3/b23-12-/t16-,20?,21-/m0/s1. The SMILES string of the molecule is C[C@H](O)c1nccn1[C@@H](/C=C(\F)c1ccc(-c2ccc(OCC(N)CO)cc2)cc1)CO. The Labute approximate surface area is 186 Å². The molecular weight excluding hydrogens is 413 g/mol. The number of halogens is 1. The number of hydrogen-bond acceptors (Lipinski definition) is 6. The molecule has 0 aliphatic heterocycles. The van der Waals surface area contributed by atoms with Gasteiger partial charge in [-0.2, -0.15) is 0 Å². The van der Waals surface area contributed by atoms with E-state index in [9.17, 15) is 14.6 Å². The molecule has 5 N–H and O–H groups in total. The topological polar surface area (TPSA) is 114 Å². The van der Waals surface area contributed by atoms with Crippen LogP contribution in [0, 0.1) is 0 Å². The highest BCUT2D eigenvalue weighted by atomic mass is 19.1. The van der Waals surface area contributed by atoms with Crippen LogP contribution >= 0.6 is 0 Å². The predicted molar refractivity (Wildman–Crippen MR) is 121 cm³/mol. The number of hydrogen-bond donors (Lipinski definition) is 4. The first-order valence-electron chi connectivity index (χ1n) is 10.3. The van der Waals surface area contributed by atoms with E-state index in [1.807, 2.05) is 36.4 Å². The van der Waals surface area contributed by atoms with E-state index in [0.717, 1.165) is 11.1 Å². The minimum absolute atomic E-state index is 0.140. The van der Waals surface area contributed by atoms with E-state index in [-0.39, 0.29) is 19.8 Å². The van der Waals surface area contributed by atoms with Crippen LogP contribution in [0.4, 0.5) is 4.39 Å². The number of nitrogens with two attached hydrogens (primary N) is 1. The van der Waals surface area contributed by atoms with Crippen molar-refractivity contribution in [1.29, 1.82) is 0 Å². The van der Waals surface area contributed by atoms with E-state index in [1.54, 1.807) is 29.8 Å². The van der Waals surface area contributed by atoms with Gasteiger partial charge in [-0.1, -0.05) is 36.4 Å². The summed E-state index contributed by atoms with van der Waals surface area (Å²) in [6, 6.07) is 13.2. The second-order valence-electron chi connectivity index (χ2n) is 7.49. The minimum atomic E-state index is -0.835. The lowest BCUT2D eigenvalue weighted by molar-refractivity contribution is 0.175. The quantitative estimate of drug-likeness (QED) is 0.385. The van der Waals surface area contributed by atoms with Gasteiger partial charge < -0.3 is 30.4 Å². The van der Waals surface area contributed by atoms with Gasteiger partial charge in [-0.25, -0.2) is 9.37 Å². The molecule has 0 saturated carbocycles. The number of imidazole rings is 1. The Bertz CT molecular complexity index is 1020. The molecule has 8 heteroatoms. The van der Waals surface area contributed by atoms with Crippen LogP contribution in [-0.2, 0) is 0 Å². The summed E-state index contributed by atoms with van der Waals surface area (Å²) < 4.78 is 21.9. The van der Waals surface area contributed by atoms with Crippen molar-refractivity contribution in [2.24, 2.45) is 5.73 Å². The third-order valence-electron chi connectivity index (χ3n) is 5.00. The summed E-state index contributed by atoms with van der Waals surface area (Å²) in [4.78, 5) is 4.06. The number of benzene rings is 2. The van der Waals surface area contributed by atoms with E-state index in [1.165, 1.54) is 12.3 Å². The molecule has 0 bridgehead atoms. The van der Waals surface area contributed by atoms with E-state index in [2.05, 4.69) is 4.98 Å². The van der Waals surface area contributed by atoms with Crippen molar-refractivity contribution in [2.75, 3.05) is 19.8 Å². The van der Waals surface area contributed by atoms with E-state index >= 15 is 0 Å². The van der Waals surface area contributed by atoms with Crippen molar-refractivity contribution in [1.82, 2.24) is 9.55 Å². The summed E-state index contributed by atoms with van der Waals surface area (Å²) in [7, 11) is 0. The molecule has 0 saturated heterocycles. The fourth-order valence-corrected chi connectivity index (χ4v) is 3.24. The maximum absolute atomic E-state index is 14.9. The molecule has 0 fully saturated rings. The van der Waals surface area contributed by atoms with Crippen molar-refractivity contribution < 1.29 is 24.4 Å². The number of aliphatic hydroxyl groups is 3. The van der Waals surface area contributed by atoms with Gasteiger partial charge in [0, 0.05) is 18.0 Å². The third kappa shape index (κ3) is 5.80. The van der Waals surface area contributed by atoms with Crippen LogP contribution in [-0.4, -0.2) is 50.7 Å². The van der Waals surface area contributed by atoms with Gasteiger partial charge in [-0.3, -0.25) is 0 Å². The first-order chi connectivity index (χ1) is 15.4. The molecule has 0 amide bonds. The molecule has 0 spiro atoms. The van der Waals surface area contributed by atoms with E-state index in [0.29, 0.717) is 17.1 Å². The lowest BCUT2D eigenvalue weighted by Gasteiger charge is -2.17. The van der Waals surface area contributed by atoms with Gasteiger partial charge >= 0.3 is 0 Å². The van der Waals surface area contributed by atoms with Crippen molar-refractivity contribution in [3.05, 3.63) is 78.4 Å². The molecule has 1 unspecified atom stereocenters. The predicted octanol–water partition coefficient (Wildman–Crippen LogP) is 2.85. The van der Waals surface area contributed by atoms with Crippen LogP contribution in [0.1, 0.15) is 30.5 Å². The second kappa shape index (κ2) is 11.0. The molecule has 32 heavy (non-hydrogen) atoms. The Hall–Kier alpha value is -3.04. The van der Waals surface area contributed by atoms with Crippen molar-refractivity contribution in [2.45, 2.75) is 25.1 Å². The largest absolute Gasteiger partial charge is 0.492 e. The van der Waals surface area contributed by atoms with Crippen molar-refractivity contribution in [3.63, 3.8) is 0 Å². The van der Waals surface area contributed by atoms with Gasteiger partial charge in [0.1, 0.15) is 30.1 Å². The highest BCUT2D eigenvalue weighted by molar-refractivity contribution is 5.68. The fourth-order valence-electron chi connectivity index (χ4n) is 3.24. The zero-order valence-electron chi connectivity index (χ0n) is 17.8. The van der Waals surface area contributed by atoms with Crippen LogP contribution in [0.2, 0.25) is 0 Å². The Morgan fingerprint density at radius 2 is 1.72 bits per heavy atom. The summed E-state index contributed by atoms with van der Waals surface area (Å²) in [6.45, 7) is 1.31. The Kier molecular flexibility index (Phi) is 8.13. The van der Waals surface area contributed by atoms with E-state index in [4.69, 9.17) is 15.6 Å². The van der Waals surface area contributed by atoms with Crippen LogP contribution in [0.3, 0.4) is 0 Å². The van der Waals surface area contributed by atoms with Crippen molar-refractivity contribution >= 4 is 5.83 Å². The van der Waals surface area contributed by atoms with Crippen molar-refractivity contribution in [3.8, 4) is 16.9 Å². The molecule has 170 valence electrons. The second-order valence-corrected chi connectivity index (χ2v) is 7.49. The smallest absolute Gasteiger partial charge is 0.137 e. The van der Waals surface area contributed by atoms with Crippen LogP contribution in [0.15, 0.2) is 67.0 Å². The average molecular weight is 442 g/mol. The summed E-state index contributed by atoms with van der Waals surface area (Å²) in [6.07, 6.45) is 3.58. The number of aromatic nitrogens is 2. The molecule has 2 aromatic carbocycles. The lowest BCUT2D eigenvalue weighted by Crippen LogP contribution is -2.31. The fraction of sp³-hybridized carbons (Fsp3) is 0.292.